The van der Waals surface area contributed by atoms with Gasteiger partial charge in [-0.3, -0.25) is 4.90 Å². The van der Waals surface area contributed by atoms with Gasteiger partial charge in [-0.25, -0.2) is 4.39 Å². The van der Waals surface area contributed by atoms with Crippen molar-refractivity contribution in [3.05, 3.63) is 34.6 Å². The van der Waals surface area contributed by atoms with Crippen LogP contribution in [0, 0.1) is 5.82 Å². The van der Waals surface area contributed by atoms with Crippen LogP contribution in [0.15, 0.2) is 18.2 Å². The van der Waals surface area contributed by atoms with Crippen molar-refractivity contribution in [3.63, 3.8) is 0 Å². The maximum absolute atomic E-state index is 13.2. The second-order valence-electron chi connectivity index (χ2n) is 5.13. The molecule has 1 heterocycles. The topological polar surface area (TPSA) is 15.3 Å². The minimum Gasteiger partial charge on any atom is -0.314 e. The van der Waals surface area contributed by atoms with Crippen molar-refractivity contribution in [1.29, 1.82) is 0 Å². The largest absolute Gasteiger partial charge is 0.389 e. The molecule has 0 saturated carbocycles. The molecular formula is C14H18Cl2F4N2. The van der Waals surface area contributed by atoms with Gasteiger partial charge in [-0.1, -0.05) is 17.7 Å². The summed E-state index contributed by atoms with van der Waals surface area (Å²) in [7, 11) is 0. The van der Waals surface area contributed by atoms with E-state index in [1.54, 1.807) is 0 Å². The Bertz CT molecular complexity index is 476. The maximum atomic E-state index is 13.2. The predicted octanol–water partition coefficient (Wildman–Crippen LogP) is 4.19. The first-order valence-electron chi connectivity index (χ1n) is 6.83. The van der Waals surface area contributed by atoms with Gasteiger partial charge in [0.15, 0.2) is 0 Å². The van der Waals surface area contributed by atoms with Gasteiger partial charge >= 0.3 is 6.18 Å². The molecule has 1 aliphatic heterocycles. The first-order valence-corrected chi connectivity index (χ1v) is 7.21. The molecule has 2 rings (SSSR count). The smallest absolute Gasteiger partial charge is 0.314 e. The SMILES string of the molecule is Cl.Fc1ccc([C@H](CCC(F)(F)F)N2CCNCC2)cc1Cl. The average Bonchev–Trinajstić information content (AvgIpc) is 2.43. The highest BCUT2D eigenvalue weighted by Crippen LogP contribution is 2.33. The van der Waals surface area contributed by atoms with E-state index in [0.29, 0.717) is 18.7 Å². The van der Waals surface area contributed by atoms with E-state index >= 15 is 0 Å². The monoisotopic (exact) mass is 360 g/mol. The molecule has 1 atom stereocenters. The van der Waals surface area contributed by atoms with Crippen LogP contribution in [-0.4, -0.2) is 37.3 Å². The lowest BCUT2D eigenvalue weighted by Gasteiger charge is -2.35. The highest BCUT2D eigenvalue weighted by molar-refractivity contribution is 6.30. The van der Waals surface area contributed by atoms with Crippen LogP contribution in [0.4, 0.5) is 17.6 Å². The fraction of sp³-hybridized carbons (Fsp3) is 0.571. The molecule has 0 radical (unpaired) electrons. The molecule has 0 unspecified atom stereocenters. The van der Waals surface area contributed by atoms with Crippen molar-refractivity contribution in [2.75, 3.05) is 26.2 Å². The summed E-state index contributed by atoms with van der Waals surface area (Å²) in [6, 6.07) is 3.76. The van der Waals surface area contributed by atoms with Gasteiger partial charge in [-0.05, 0) is 24.1 Å². The number of alkyl halides is 3. The number of rotatable bonds is 4. The molecule has 1 saturated heterocycles. The molecule has 0 bridgehead atoms. The molecule has 2 nitrogen and oxygen atoms in total. The maximum Gasteiger partial charge on any atom is 0.389 e. The summed E-state index contributed by atoms with van der Waals surface area (Å²) < 4.78 is 50.8. The number of piperazine rings is 1. The predicted molar refractivity (Wildman–Crippen MR) is 81.1 cm³/mol. The van der Waals surface area contributed by atoms with E-state index in [-0.39, 0.29) is 23.9 Å². The number of hydrogen-bond donors (Lipinski definition) is 1. The number of nitrogens with one attached hydrogen (secondary N) is 1. The Morgan fingerprint density at radius 1 is 1.23 bits per heavy atom. The number of benzene rings is 1. The van der Waals surface area contributed by atoms with E-state index < -0.39 is 24.5 Å². The second kappa shape index (κ2) is 8.34. The van der Waals surface area contributed by atoms with Crippen LogP contribution in [0.5, 0.6) is 0 Å². The molecule has 1 aliphatic rings. The lowest BCUT2D eigenvalue weighted by molar-refractivity contribution is -0.138. The fourth-order valence-corrected chi connectivity index (χ4v) is 2.76. The van der Waals surface area contributed by atoms with E-state index in [2.05, 4.69) is 5.32 Å². The van der Waals surface area contributed by atoms with Gasteiger partial charge in [-0.15, -0.1) is 12.4 Å². The molecule has 0 amide bonds. The minimum atomic E-state index is -4.20. The van der Waals surface area contributed by atoms with E-state index in [1.807, 2.05) is 4.90 Å². The fourth-order valence-electron chi connectivity index (χ4n) is 2.57. The Kier molecular flexibility index (Phi) is 7.38. The number of halogens is 6. The summed E-state index contributed by atoms with van der Waals surface area (Å²) in [4.78, 5) is 1.99. The Balaban J connectivity index is 0.00000242. The zero-order valence-electron chi connectivity index (χ0n) is 11.8. The highest BCUT2D eigenvalue weighted by Gasteiger charge is 2.31. The van der Waals surface area contributed by atoms with Crippen LogP contribution in [-0.2, 0) is 0 Å². The molecule has 1 aromatic rings. The van der Waals surface area contributed by atoms with Gasteiger partial charge in [0, 0.05) is 38.6 Å². The Labute approximate surface area is 138 Å². The second-order valence-corrected chi connectivity index (χ2v) is 5.54. The molecular weight excluding hydrogens is 343 g/mol. The van der Waals surface area contributed by atoms with Crippen molar-refractivity contribution in [3.8, 4) is 0 Å². The summed E-state index contributed by atoms with van der Waals surface area (Å²) in [6.45, 7) is 2.80. The zero-order chi connectivity index (χ0) is 15.5. The van der Waals surface area contributed by atoms with Crippen molar-refractivity contribution < 1.29 is 17.6 Å². The standard InChI is InChI=1S/C14H17ClF4N2.ClH/c15-11-9-10(1-2-12(11)16)13(3-4-14(17,18)19)21-7-5-20-6-8-21;/h1-2,9,13,20H,3-8H2;1H/t13-;/m0./s1. The Morgan fingerprint density at radius 2 is 1.86 bits per heavy atom. The minimum absolute atomic E-state index is 0. The van der Waals surface area contributed by atoms with Gasteiger partial charge in [-0.2, -0.15) is 13.2 Å². The first kappa shape index (κ1) is 19.5. The van der Waals surface area contributed by atoms with Crippen molar-refractivity contribution in [2.45, 2.75) is 25.1 Å². The van der Waals surface area contributed by atoms with Crippen LogP contribution < -0.4 is 5.32 Å². The van der Waals surface area contributed by atoms with Crippen LogP contribution in [0.1, 0.15) is 24.4 Å². The Morgan fingerprint density at radius 3 is 2.41 bits per heavy atom. The van der Waals surface area contributed by atoms with E-state index in [0.717, 1.165) is 13.1 Å². The third-order valence-electron chi connectivity index (χ3n) is 3.62. The number of nitrogens with zero attached hydrogens (tertiary/aromatic N) is 1. The molecule has 0 aromatic heterocycles. The molecule has 1 N–H and O–H groups in total. The van der Waals surface area contributed by atoms with Gasteiger partial charge < -0.3 is 5.32 Å². The average molecular weight is 361 g/mol. The van der Waals surface area contributed by atoms with Crippen LogP contribution in [0.25, 0.3) is 0 Å². The van der Waals surface area contributed by atoms with Gasteiger partial charge in [0.1, 0.15) is 5.82 Å². The summed E-state index contributed by atoms with van der Waals surface area (Å²) >= 11 is 5.76. The van der Waals surface area contributed by atoms with Gasteiger partial charge in [0.05, 0.1) is 5.02 Å². The zero-order valence-corrected chi connectivity index (χ0v) is 13.4. The summed E-state index contributed by atoms with van der Waals surface area (Å²) in [5.74, 6) is -0.560. The molecule has 126 valence electrons. The summed E-state index contributed by atoms with van der Waals surface area (Å²) in [5, 5.41) is 3.11. The normalized spacial score (nSPS) is 17.9. The summed E-state index contributed by atoms with van der Waals surface area (Å²) in [6.07, 6.45) is -5.11. The highest BCUT2D eigenvalue weighted by atomic mass is 35.5. The van der Waals surface area contributed by atoms with Gasteiger partial charge in [0.25, 0.3) is 0 Å². The number of hydrogen-bond acceptors (Lipinski definition) is 2. The molecule has 8 heteroatoms. The quantitative estimate of drug-likeness (QED) is 0.809. The van der Waals surface area contributed by atoms with E-state index in [9.17, 15) is 17.6 Å². The first-order chi connectivity index (χ1) is 9.87. The summed E-state index contributed by atoms with van der Waals surface area (Å²) in [5.41, 5.74) is 0.632. The molecule has 1 fully saturated rings. The van der Waals surface area contributed by atoms with E-state index in [4.69, 9.17) is 11.6 Å². The Hall–Kier alpha value is -0.560. The van der Waals surface area contributed by atoms with Crippen molar-refractivity contribution in [2.24, 2.45) is 0 Å². The molecule has 0 spiro atoms. The van der Waals surface area contributed by atoms with Crippen molar-refractivity contribution in [1.82, 2.24) is 10.2 Å². The van der Waals surface area contributed by atoms with Crippen LogP contribution in [0.3, 0.4) is 0 Å². The van der Waals surface area contributed by atoms with Crippen LogP contribution in [0.2, 0.25) is 5.02 Å². The molecule has 0 aliphatic carbocycles. The lowest BCUT2D eigenvalue weighted by atomic mass is 9.99. The van der Waals surface area contributed by atoms with Crippen LogP contribution >= 0.6 is 24.0 Å². The molecule has 22 heavy (non-hydrogen) atoms. The third kappa shape index (κ3) is 5.57. The third-order valence-corrected chi connectivity index (χ3v) is 3.91. The van der Waals surface area contributed by atoms with E-state index in [1.165, 1.54) is 18.2 Å². The lowest BCUT2D eigenvalue weighted by Crippen LogP contribution is -2.45. The van der Waals surface area contributed by atoms with Crippen molar-refractivity contribution >= 4 is 24.0 Å². The molecule has 1 aromatic carbocycles. The van der Waals surface area contributed by atoms with Gasteiger partial charge in [0.2, 0.25) is 0 Å².